The van der Waals surface area contributed by atoms with E-state index in [0.717, 1.165) is 31.4 Å². The second-order valence-corrected chi connectivity index (χ2v) is 10.9. The van der Waals surface area contributed by atoms with Crippen LogP contribution >= 0.6 is 23.2 Å². The van der Waals surface area contributed by atoms with Crippen molar-refractivity contribution in [3.8, 4) is 17.0 Å². The van der Waals surface area contributed by atoms with Crippen LogP contribution in [0.5, 0.6) is 5.75 Å². The number of piperidine rings is 1. The third-order valence-electron chi connectivity index (χ3n) is 7.75. The van der Waals surface area contributed by atoms with E-state index >= 15 is 0 Å². The zero-order chi connectivity index (χ0) is 26.6. The Hall–Kier alpha value is -3.23. The summed E-state index contributed by atoms with van der Waals surface area (Å²) in [6.07, 6.45) is 4.84. The molecule has 0 radical (unpaired) electrons. The number of carboxylic acid groups (broad SMARTS) is 1. The Labute approximate surface area is 229 Å². The molecular formula is C28H26Cl2N2O6. The zero-order valence-electron chi connectivity index (χ0n) is 20.7. The average molecular weight is 557 g/mol. The SMILES string of the molecule is COc1cc(N2[C@@H]3CC[C@H]2CC(OC(=O)c2c(-c4c(Cl)cccc4Cl)noc2C2CC2)C3)ccc1C(=O)O. The summed E-state index contributed by atoms with van der Waals surface area (Å²) < 4.78 is 17.1. The Morgan fingerprint density at radius 2 is 1.74 bits per heavy atom. The number of halogens is 2. The second-order valence-electron chi connectivity index (χ2n) is 10.1. The normalized spacial score (nSPS) is 22.4. The number of benzene rings is 2. The van der Waals surface area contributed by atoms with Crippen molar-refractivity contribution in [2.75, 3.05) is 12.0 Å². The van der Waals surface area contributed by atoms with Crippen molar-refractivity contribution in [3.63, 3.8) is 0 Å². The van der Waals surface area contributed by atoms with Crippen LogP contribution in [0.25, 0.3) is 11.3 Å². The first-order chi connectivity index (χ1) is 18.4. The highest BCUT2D eigenvalue weighted by atomic mass is 35.5. The van der Waals surface area contributed by atoms with E-state index < -0.39 is 11.9 Å². The summed E-state index contributed by atoms with van der Waals surface area (Å²) >= 11 is 12.9. The Morgan fingerprint density at radius 3 is 2.34 bits per heavy atom. The molecule has 8 nitrogen and oxygen atoms in total. The molecule has 6 rings (SSSR count). The molecule has 1 N–H and O–H groups in total. The largest absolute Gasteiger partial charge is 0.496 e. The van der Waals surface area contributed by atoms with Gasteiger partial charge in [-0.2, -0.15) is 0 Å². The smallest absolute Gasteiger partial charge is 0.344 e. The van der Waals surface area contributed by atoms with Crippen molar-refractivity contribution in [1.29, 1.82) is 0 Å². The molecule has 2 saturated heterocycles. The van der Waals surface area contributed by atoms with Crippen LogP contribution in [0.1, 0.15) is 70.9 Å². The lowest BCUT2D eigenvalue weighted by molar-refractivity contribution is 0.0202. The van der Waals surface area contributed by atoms with Crippen LogP contribution in [-0.2, 0) is 4.74 Å². The molecule has 2 bridgehead atoms. The number of anilines is 1. The van der Waals surface area contributed by atoms with E-state index in [1.54, 1.807) is 30.3 Å². The average Bonchev–Trinajstić information content (AvgIpc) is 3.59. The zero-order valence-corrected chi connectivity index (χ0v) is 22.2. The Balaban J connectivity index is 1.24. The summed E-state index contributed by atoms with van der Waals surface area (Å²) in [4.78, 5) is 27.4. The molecule has 2 aromatic carbocycles. The first-order valence-electron chi connectivity index (χ1n) is 12.7. The van der Waals surface area contributed by atoms with Crippen molar-refractivity contribution < 1.29 is 28.7 Å². The van der Waals surface area contributed by atoms with E-state index in [1.807, 2.05) is 6.07 Å². The van der Waals surface area contributed by atoms with Gasteiger partial charge in [0.15, 0.2) is 5.76 Å². The first kappa shape index (κ1) is 25.1. The molecule has 1 aliphatic carbocycles. The van der Waals surface area contributed by atoms with Crippen LogP contribution in [0.2, 0.25) is 10.0 Å². The van der Waals surface area contributed by atoms with E-state index in [2.05, 4.69) is 10.1 Å². The number of carbonyl (C=O) groups excluding carboxylic acids is 1. The fourth-order valence-corrected chi connectivity index (χ4v) is 6.47. The van der Waals surface area contributed by atoms with Gasteiger partial charge in [-0.3, -0.25) is 0 Å². The molecule has 1 unspecified atom stereocenters. The number of nitrogens with zero attached hydrogens (tertiary/aromatic N) is 2. The molecule has 3 aromatic rings. The fourth-order valence-electron chi connectivity index (χ4n) is 5.89. The molecule has 3 atom stereocenters. The number of hydrogen-bond acceptors (Lipinski definition) is 7. The minimum absolute atomic E-state index is 0.127. The molecular weight excluding hydrogens is 531 g/mol. The minimum atomic E-state index is -1.03. The number of methoxy groups -OCH3 is 1. The molecule has 1 aromatic heterocycles. The number of carbonyl (C=O) groups is 2. The number of ether oxygens (including phenoxy) is 2. The van der Waals surface area contributed by atoms with E-state index in [-0.39, 0.29) is 29.7 Å². The van der Waals surface area contributed by atoms with Crippen molar-refractivity contribution in [3.05, 3.63) is 63.3 Å². The number of rotatable bonds is 7. The Kier molecular flexibility index (Phi) is 6.48. The lowest BCUT2D eigenvalue weighted by atomic mass is 9.98. The van der Waals surface area contributed by atoms with Crippen LogP contribution in [0.4, 0.5) is 5.69 Å². The van der Waals surface area contributed by atoms with Gasteiger partial charge in [-0.05, 0) is 49.9 Å². The molecule has 38 heavy (non-hydrogen) atoms. The molecule has 0 amide bonds. The fraction of sp³-hybridized carbons (Fsp3) is 0.393. The topological polar surface area (TPSA) is 102 Å². The molecule has 2 aliphatic heterocycles. The third kappa shape index (κ3) is 4.39. The van der Waals surface area contributed by atoms with Crippen LogP contribution in [0, 0.1) is 0 Å². The van der Waals surface area contributed by atoms with E-state index in [9.17, 15) is 14.7 Å². The Morgan fingerprint density at radius 1 is 1.05 bits per heavy atom. The summed E-state index contributed by atoms with van der Waals surface area (Å²) in [6.45, 7) is 0. The number of hydrogen-bond donors (Lipinski definition) is 1. The van der Waals surface area contributed by atoms with Gasteiger partial charge in [0.05, 0.1) is 17.2 Å². The monoisotopic (exact) mass is 556 g/mol. The standard InChI is InChI=1S/C28H26Cl2N2O6/c1-36-22-13-17(9-10-19(22)27(33)34)32-15-7-8-16(32)12-18(11-15)37-28(35)24-25(31-38-26(24)14-5-6-14)23-20(29)3-2-4-21(23)30/h2-4,9-10,13-16,18H,5-8,11-12H2,1H3,(H,33,34)/t15-,16+,18?. The van der Waals surface area contributed by atoms with E-state index in [0.29, 0.717) is 51.2 Å². The van der Waals surface area contributed by atoms with Gasteiger partial charge < -0.3 is 24.0 Å². The number of aromatic nitrogens is 1. The predicted molar refractivity (Wildman–Crippen MR) is 142 cm³/mol. The van der Waals surface area contributed by atoms with Gasteiger partial charge in [0.2, 0.25) is 0 Å². The number of fused-ring (bicyclic) bond motifs is 2. The highest BCUT2D eigenvalue weighted by molar-refractivity contribution is 6.39. The Bertz CT molecular complexity index is 1380. The van der Waals surface area contributed by atoms with Gasteiger partial charge in [0, 0.05) is 48.2 Å². The molecule has 198 valence electrons. The summed E-state index contributed by atoms with van der Waals surface area (Å²) in [5, 5.41) is 14.4. The second kappa shape index (κ2) is 9.82. The van der Waals surface area contributed by atoms with Gasteiger partial charge in [0.25, 0.3) is 0 Å². The predicted octanol–water partition coefficient (Wildman–Crippen LogP) is 6.59. The van der Waals surface area contributed by atoms with Gasteiger partial charge in [-0.25, -0.2) is 9.59 Å². The van der Waals surface area contributed by atoms with Crippen LogP contribution in [-0.4, -0.2) is 47.5 Å². The maximum Gasteiger partial charge on any atom is 0.344 e. The lowest BCUT2D eigenvalue weighted by Gasteiger charge is -2.40. The summed E-state index contributed by atoms with van der Waals surface area (Å²) in [5.74, 6) is -0.495. The quantitative estimate of drug-likeness (QED) is 0.325. The van der Waals surface area contributed by atoms with Gasteiger partial charge >= 0.3 is 11.9 Å². The highest BCUT2D eigenvalue weighted by Gasteiger charge is 2.44. The van der Waals surface area contributed by atoms with Crippen molar-refractivity contribution in [1.82, 2.24) is 5.16 Å². The minimum Gasteiger partial charge on any atom is -0.496 e. The molecule has 1 saturated carbocycles. The molecule has 10 heteroatoms. The summed E-state index contributed by atoms with van der Waals surface area (Å²) in [5.41, 5.74) is 2.13. The van der Waals surface area contributed by atoms with Crippen LogP contribution in [0.3, 0.4) is 0 Å². The molecule has 3 fully saturated rings. The van der Waals surface area contributed by atoms with Gasteiger partial charge in [-0.15, -0.1) is 0 Å². The molecule has 3 heterocycles. The number of esters is 1. The van der Waals surface area contributed by atoms with Crippen LogP contribution in [0.15, 0.2) is 40.9 Å². The van der Waals surface area contributed by atoms with Crippen molar-refractivity contribution >= 4 is 40.8 Å². The molecule has 3 aliphatic rings. The van der Waals surface area contributed by atoms with E-state index in [1.165, 1.54) is 7.11 Å². The van der Waals surface area contributed by atoms with Gasteiger partial charge in [0.1, 0.15) is 28.7 Å². The highest BCUT2D eigenvalue weighted by Crippen LogP contribution is 2.47. The number of aromatic carboxylic acids is 1. The van der Waals surface area contributed by atoms with Crippen molar-refractivity contribution in [2.24, 2.45) is 0 Å². The lowest BCUT2D eigenvalue weighted by Crippen LogP contribution is -2.46. The number of carboxylic acids is 1. The maximum absolute atomic E-state index is 13.6. The van der Waals surface area contributed by atoms with Crippen molar-refractivity contribution in [2.45, 2.75) is 62.6 Å². The summed E-state index contributed by atoms with van der Waals surface area (Å²) in [7, 11) is 1.47. The van der Waals surface area contributed by atoms with Crippen LogP contribution < -0.4 is 9.64 Å². The van der Waals surface area contributed by atoms with Gasteiger partial charge in [-0.1, -0.05) is 34.4 Å². The maximum atomic E-state index is 13.6. The summed E-state index contributed by atoms with van der Waals surface area (Å²) in [6, 6.07) is 10.6. The van der Waals surface area contributed by atoms with E-state index in [4.69, 9.17) is 37.2 Å². The molecule has 0 spiro atoms. The third-order valence-corrected chi connectivity index (χ3v) is 8.38. The first-order valence-corrected chi connectivity index (χ1v) is 13.5.